The maximum absolute atomic E-state index is 5.80. The van der Waals surface area contributed by atoms with Crippen LogP contribution in [0.25, 0.3) is 30.4 Å². The van der Waals surface area contributed by atoms with Crippen molar-refractivity contribution in [2.75, 3.05) is 6.61 Å². The van der Waals surface area contributed by atoms with Gasteiger partial charge in [-0.15, -0.1) is 0 Å². The van der Waals surface area contributed by atoms with Gasteiger partial charge in [0.05, 0.1) is 6.61 Å². The lowest BCUT2D eigenvalue weighted by Crippen LogP contribution is -2.07. The fraction of sp³-hybridized carbons (Fsp3) is 0.247. The highest BCUT2D eigenvalue weighted by molar-refractivity contribution is 5.51. The summed E-state index contributed by atoms with van der Waals surface area (Å²) in [7, 11) is 0. The summed E-state index contributed by atoms with van der Waals surface area (Å²) in [5.41, 5.74) is 16.3. The van der Waals surface area contributed by atoms with E-state index in [0.717, 1.165) is 69.8 Å². The molecule has 0 aliphatic heterocycles. The van der Waals surface area contributed by atoms with E-state index in [1.165, 1.54) is 127 Å². The van der Waals surface area contributed by atoms with Crippen LogP contribution in [0.2, 0.25) is 0 Å². The summed E-state index contributed by atoms with van der Waals surface area (Å²) in [6, 6.07) is 71.7. The molecule has 0 bridgehead atoms. The van der Waals surface area contributed by atoms with Crippen LogP contribution in [0.3, 0.4) is 0 Å². The molecule has 1 aliphatic rings. The zero-order valence-corrected chi connectivity index (χ0v) is 54.4. The fourth-order valence-electron chi connectivity index (χ4n) is 8.99. The Kier molecular flexibility index (Phi) is 33.2. The SMILES string of the molecule is C=Cc1ccc(C)cc1.C=Cc1ccc(CCCCCCC)cc1.C=Cc1ccc(COc2ccc(C)cc2)cc1.C=Cc1ccc(OCCCCCCC)cc1.C=Cc1ccc(Oc2ccc(C)cc2)cc1.Cc1ccc(Oc2ccc3c(c2)CC3)cc1. The average Bonchev–Trinajstić information content (AvgIpc) is 2.96. The molecule has 462 valence electrons. The van der Waals surface area contributed by atoms with Crippen LogP contribution in [-0.4, -0.2) is 6.61 Å². The topological polar surface area (TPSA) is 36.9 Å². The molecule has 9 aromatic carbocycles. The quantitative estimate of drug-likeness (QED) is 0.0535. The third kappa shape index (κ3) is 29.0. The van der Waals surface area contributed by atoms with Gasteiger partial charge < -0.3 is 18.9 Å². The molecule has 0 fully saturated rings. The Balaban J connectivity index is 0.000000196. The number of aryl methyl sites for hydroxylation is 7. The Morgan fingerprint density at radius 3 is 1.02 bits per heavy atom. The molecule has 0 atom stereocenters. The van der Waals surface area contributed by atoms with Gasteiger partial charge >= 0.3 is 0 Å². The lowest BCUT2D eigenvalue weighted by molar-refractivity contribution is 0.304. The van der Waals surface area contributed by atoms with Gasteiger partial charge in [-0.3, -0.25) is 0 Å². The molecule has 0 amide bonds. The molecule has 0 aromatic heterocycles. The highest BCUT2D eigenvalue weighted by atomic mass is 16.5. The normalized spacial score (nSPS) is 10.4. The van der Waals surface area contributed by atoms with Gasteiger partial charge in [0.2, 0.25) is 0 Å². The van der Waals surface area contributed by atoms with Crippen LogP contribution in [-0.2, 0) is 25.9 Å². The maximum Gasteiger partial charge on any atom is 0.127 e. The minimum Gasteiger partial charge on any atom is -0.494 e. The largest absolute Gasteiger partial charge is 0.494 e. The molecule has 0 heterocycles. The minimum absolute atomic E-state index is 0.598. The van der Waals surface area contributed by atoms with Gasteiger partial charge in [0.15, 0.2) is 0 Å². The summed E-state index contributed by atoms with van der Waals surface area (Å²) < 4.78 is 22.8. The number of benzene rings is 9. The molecule has 4 nitrogen and oxygen atoms in total. The molecular weight excluding hydrogens is 1080 g/mol. The predicted molar refractivity (Wildman–Crippen MR) is 386 cm³/mol. The van der Waals surface area contributed by atoms with E-state index in [2.05, 4.69) is 178 Å². The molecule has 0 saturated carbocycles. The molecule has 0 spiro atoms. The highest BCUT2D eigenvalue weighted by Gasteiger charge is 2.13. The van der Waals surface area contributed by atoms with Crippen LogP contribution in [0, 0.1) is 27.7 Å². The zero-order valence-electron chi connectivity index (χ0n) is 54.4. The molecule has 89 heavy (non-hydrogen) atoms. The summed E-state index contributed by atoms with van der Waals surface area (Å²) in [4.78, 5) is 0. The Morgan fingerprint density at radius 2 is 0.618 bits per heavy atom. The van der Waals surface area contributed by atoms with Gasteiger partial charge in [0.1, 0.15) is 41.1 Å². The number of fused-ring (bicyclic) bond motifs is 1. The molecule has 9 aromatic rings. The van der Waals surface area contributed by atoms with Crippen molar-refractivity contribution in [3.63, 3.8) is 0 Å². The molecule has 10 rings (SSSR count). The highest BCUT2D eigenvalue weighted by Crippen LogP contribution is 2.30. The van der Waals surface area contributed by atoms with Crippen LogP contribution < -0.4 is 18.9 Å². The van der Waals surface area contributed by atoms with E-state index in [0.29, 0.717) is 6.61 Å². The van der Waals surface area contributed by atoms with Crippen LogP contribution in [0.15, 0.2) is 245 Å². The van der Waals surface area contributed by atoms with Crippen molar-refractivity contribution in [1.29, 1.82) is 0 Å². The molecule has 4 heteroatoms. The monoisotopic (exact) mass is 1180 g/mol. The van der Waals surface area contributed by atoms with Gasteiger partial charge in [-0.1, -0.05) is 290 Å². The zero-order chi connectivity index (χ0) is 63.7. The second-order valence-electron chi connectivity index (χ2n) is 22.3. The third-order valence-corrected chi connectivity index (χ3v) is 14.8. The van der Waals surface area contributed by atoms with E-state index in [1.807, 2.05) is 140 Å². The van der Waals surface area contributed by atoms with Gasteiger partial charge in [-0.2, -0.15) is 0 Å². The lowest BCUT2D eigenvalue weighted by Gasteiger charge is -2.19. The van der Waals surface area contributed by atoms with Gasteiger partial charge in [0.25, 0.3) is 0 Å². The number of ether oxygens (including phenoxy) is 4. The fourth-order valence-corrected chi connectivity index (χ4v) is 8.99. The first-order chi connectivity index (χ1) is 43.4. The van der Waals surface area contributed by atoms with Crippen LogP contribution in [0.1, 0.15) is 150 Å². The van der Waals surface area contributed by atoms with Gasteiger partial charge in [-0.05, 0) is 183 Å². The Bertz CT molecular complexity index is 3390. The molecule has 0 unspecified atom stereocenters. The number of unbranched alkanes of at least 4 members (excludes halogenated alkanes) is 8. The molecular formula is C85H98O4. The van der Waals surface area contributed by atoms with Crippen molar-refractivity contribution in [3.8, 4) is 34.5 Å². The molecule has 0 N–H and O–H groups in total. The first kappa shape index (κ1) is 70.6. The minimum atomic E-state index is 0.598. The first-order valence-electron chi connectivity index (χ1n) is 31.9. The number of hydrogen-bond donors (Lipinski definition) is 0. The maximum atomic E-state index is 5.80. The summed E-state index contributed by atoms with van der Waals surface area (Å²) in [6.45, 7) is 32.8. The summed E-state index contributed by atoms with van der Waals surface area (Å²) in [5.74, 6) is 5.42. The van der Waals surface area contributed by atoms with E-state index in [1.54, 1.807) is 0 Å². The van der Waals surface area contributed by atoms with Gasteiger partial charge in [0, 0.05) is 0 Å². The van der Waals surface area contributed by atoms with Crippen LogP contribution in [0.5, 0.6) is 34.5 Å². The third-order valence-electron chi connectivity index (χ3n) is 14.8. The average molecular weight is 1180 g/mol. The van der Waals surface area contributed by atoms with Gasteiger partial charge in [-0.25, -0.2) is 0 Å². The van der Waals surface area contributed by atoms with E-state index >= 15 is 0 Å². The Labute approximate surface area is 536 Å². The van der Waals surface area contributed by atoms with E-state index in [4.69, 9.17) is 18.9 Å². The van der Waals surface area contributed by atoms with E-state index in [9.17, 15) is 0 Å². The Hall–Kier alpha value is -9.12. The van der Waals surface area contributed by atoms with Crippen molar-refractivity contribution in [2.24, 2.45) is 0 Å². The second-order valence-corrected chi connectivity index (χ2v) is 22.3. The number of rotatable bonds is 25. The van der Waals surface area contributed by atoms with Crippen molar-refractivity contribution in [1.82, 2.24) is 0 Å². The summed E-state index contributed by atoms with van der Waals surface area (Å²) in [6.07, 6.45) is 26.1. The summed E-state index contributed by atoms with van der Waals surface area (Å²) >= 11 is 0. The van der Waals surface area contributed by atoms with E-state index < -0.39 is 0 Å². The smallest absolute Gasteiger partial charge is 0.127 e. The standard InChI is InChI=1S/C16H16O.2C15H14O.C15H22O.C15H22.C9H10/c1-3-14-6-8-15(9-7-14)12-17-16-10-4-13(2)5-11-16;1-11-2-7-14(8-3-11)16-15-9-6-12-4-5-13(12)10-15;1-3-13-6-10-15(11-7-13)16-14-8-4-12(2)5-9-14;1-3-5-6-7-8-13-16-15-11-9-14(4-2)10-12-15;1-3-5-6-7-8-9-15-12-10-14(4-2)11-13-15;1-3-9-6-4-8(2)5-7-9/h3-11H,1,12H2,2H3;2-3,6-10H,4-5H2,1H3;3-11H,1H2,2H3;4,9-12H,2-3,5-8,13H2,1H3;4,10-13H,2-3,5-9H2,1H3;3-7H,1H2,2H3. The summed E-state index contributed by atoms with van der Waals surface area (Å²) in [5, 5.41) is 0. The predicted octanol–water partition coefficient (Wildman–Crippen LogP) is 24.7. The lowest BCUT2D eigenvalue weighted by atomic mass is 9.89. The van der Waals surface area contributed by atoms with Crippen molar-refractivity contribution >= 4 is 30.4 Å². The second kappa shape index (κ2) is 41.9. The Morgan fingerprint density at radius 1 is 0.303 bits per heavy atom. The van der Waals surface area contributed by atoms with E-state index in [-0.39, 0.29) is 0 Å². The number of hydrogen-bond acceptors (Lipinski definition) is 4. The van der Waals surface area contributed by atoms with Crippen LogP contribution >= 0.6 is 0 Å². The molecule has 1 aliphatic carbocycles. The first-order valence-corrected chi connectivity index (χ1v) is 31.9. The van der Waals surface area contributed by atoms with Crippen molar-refractivity contribution in [3.05, 3.63) is 318 Å². The van der Waals surface area contributed by atoms with Crippen molar-refractivity contribution < 1.29 is 18.9 Å². The molecule has 0 saturated heterocycles. The van der Waals surface area contributed by atoms with Crippen LogP contribution in [0.4, 0.5) is 0 Å². The molecule has 0 radical (unpaired) electrons. The van der Waals surface area contributed by atoms with Crippen molar-refractivity contribution in [2.45, 2.75) is 132 Å².